The van der Waals surface area contributed by atoms with Crippen LogP contribution in [0.15, 0.2) is 6.07 Å². The Morgan fingerprint density at radius 1 is 1.19 bits per heavy atom. The average molecular weight is 405 g/mol. The van der Waals surface area contributed by atoms with Crippen LogP contribution < -0.4 is 9.50 Å². The van der Waals surface area contributed by atoms with Gasteiger partial charge in [0.1, 0.15) is 5.60 Å². The molecule has 0 aliphatic rings. The van der Waals surface area contributed by atoms with E-state index in [0.29, 0.717) is 11.1 Å². The molecule has 0 saturated heterocycles. The van der Waals surface area contributed by atoms with Gasteiger partial charge in [-0.05, 0) is 51.8 Å². The zero-order valence-corrected chi connectivity index (χ0v) is 17.0. The minimum atomic E-state index is -5.29. The largest absolute Gasteiger partial charge is 0.488 e. The summed E-state index contributed by atoms with van der Waals surface area (Å²) < 4.78 is 49.1. The minimum absolute atomic E-state index is 0.0239. The predicted octanol–water partition coefficient (Wildman–Crippen LogP) is 2.11. The lowest BCUT2D eigenvalue weighted by atomic mass is 9.98. The van der Waals surface area contributed by atoms with Gasteiger partial charge in [-0.2, -0.15) is 8.42 Å². The summed E-state index contributed by atoms with van der Waals surface area (Å²) in [5.41, 5.74) is 0.251. The number of ether oxygens (including phenoxy) is 2. The smallest absolute Gasteiger partial charge is 0.465 e. The zero-order valence-electron chi connectivity index (χ0n) is 16.1. The Balaban J connectivity index is 3.13. The van der Waals surface area contributed by atoms with Gasteiger partial charge in [-0.3, -0.25) is 4.79 Å². The van der Waals surface area contributed by atoms with Crippen LogP contribution in [0.25, 0.3) is 0 Å². The van der Waals surface area contributed by atoms with Crippen LogP contribution in [0.5, 0.6) is 5.75 Å². The van der Waals surface area contributed by atoms with Gasteiger partial charge in [-0.15, -0.1) is 0 Å². The van der Waals surface area contributed by atoms with E-state index in [1.807, 2.05) is 0 Å². The van der Waals surface area contributed by atoms with Gasteiger partial charge >= 0.3 is 22.4 Å². The number of carbonyl (C=O) groups excluding carboxylic acids is 2. The molecule has 0 atom stereocenters. The van der Waals surface area contributed by atoms with Crippen molar-refractivity contribution in [3.8, 4) is 5.75 Å². The van der Waals surface area contributed by atoms with Crippen LogP contribution in [0.4, 0.5) is 3.89 Å². The van der Waals surface area contributed by atoms with Crippen LogP contribution >= 0.6 is 0 Å². The molecule has 0 heterocycles. The third kappa shape index (κ3) is 7.14. The van der Waals surface area contributed by atoms with Gasteiger partial charge in [0.15, 0.2) is 5.75 Å². The van der Waals surface area contributed by atoms with Gasteiger partial charge in [-0.1, -0.05) is 3.89 Å². The third-order valence-corrected chi connectivity index (χ3v) is 3.84. The summed E-state index contributed by atoms with van der Waals surface area (Å²) >= 11 is 0. The molecule has 0 spiro atoms. The van der Waals surface area contributed by atoms with E-state index >= 15 is 0 Å². The van der Waals surface area contributed by atoms with Crippen molar-refractivity contribution in [3.05, 3.63) is 28.3 Å². The number of hydrogen-bond donors (Lipinski definition) is 1. The van der Waals surface area contributed by atoms with Crippen molar-refractivity contribution in [1.82, 2.24) is 5.32 Å². The first-order valence-electron chi connectivity index (χ1n) is 8.03. The van der Waals surface area contributed by atoms with E-state index < -0.39 is 28.0 Å². The van der Waals surface area contributed by atoms with Crippen LogP contribution in [0.3, 0.4) is 0 Å². The molecule has 0 radical (unpaired) electrons. The topological polar surface area (TPSA) is 108 Å². The van der Waals surface area contributed by atoms with E-state index in [1.54, 1.807) is 20.8 Å². The maximum atomic E-state index is 13.1. The number of nitrogens with one attached hydrogen (secondary N) is 1. The number of benzene rings is 1. The molecule has 0 aliphatic carbocycles. The van der Waals surface area contributed by atoms with Crippen LogP contribution in [0.2, 0.25) is 0 Å². The Kier molecular flexibility index (Phi) is 7.32. The number of methoxy groups -OCH3 is 1. The lowest BCUT2D eigenvalue weighted by Crippen LogP contribution is -2.31. The van der Waals surface area contributed by atoms with Gasteiger partial charge < -0.3 is 19.0 Å². The first-order chi connectivity index (χ1) is 12.2. The lowest BCUT2D eigenvalue weighted by Gasteiger charge is -2.20. The molecule has 27 heavy (non-hydrogen) atoms. The van der Waals surface area contributed by atoms with E-state index in [1.165, 1.54) is 19.9 Å². The molecule has 1 N–H and O–H groups in total. The van der Waals surface area contributed by atoms with Crippen molar-refractivity contribution in [1.29, 1.82) is 0 Å². The Bertz CT molecular complexity index is 829. The van der Waals surface area contributed by atoms with Gasteiger partial charge in [0.05, 0.1) is 19.2 Å². The molecule has 0 unspecified atom stereocenters. The summed E-state index contributed by atoms with van der Waals surface area (Å²) in [5.74, 6) is -1.51. The highest BCUT2D eigenvalue weighted by atomic mass is 32.3. The number of rotatable bonds is 7. The van der Waals surface area contributed by atoms with Crippen molar-refractivity contribution < 1.29 is 35.5 Å². The van der Waals surface area contributed by atoms with E-state index in [9.17, 15) is 21.9 Å². The lowest BCUT2D eigenvalue weighted by molar-refractivity contribution is -0.153. The van der Waals surface area contributed by atoms with Crippen molar-refractivity contribution >= 4 is 22.4 Å². The Labute approximate surface area is 158 Å². The normalized spacial score (nSPS) is 11.8. The van der Waals surface area contributed by atoms with E-state index in [4.69, 9.17) is 4.74 Å². The monoisotopic (exact) mass is 405 g/mol. The molecule has 0 fully saturated rings. The Morgan fingerprint density at radius 2 is 1.78 bits per heavy atom. The molecule has 1 aromatic carbocycles. The highest BCUT2D eigenvalue weighted by molar-refractivity contribution is 7.81. The summed E-state index contributed by atoms with van der Waals surface area (Å²) in [5, 5.41) is 2.83. The highest BCUT2D eigenvalue weighted by Crippen LogP contribution is 2.31. The first kappa shape index (κ1) is 22.8. The number of esters is 2. The number of halogens is 1. The van der Waals surface area contributed by atoms with Gasteiger partial charge in [-0.25, -0.2) is 4.79 Å². The predicted molar refractivity (Wildman–Crippen MR) is 95.5 cm³/mol. The molecular formula is C17H24FNO7S. The number of carbonyl (C=O) groups is 2. The molecule has 0 aliphatic heterocycles. The Morgan fingerprint density at radius 3 is 2.26 bits per heavy atom. The summed E-state index contributed by atoms with van der Waals surface area (Å²) in [4.78, 5) is 23.7. The van der Waals surface area contributed by atoms with Crippen LogP contribution in [0, 0.1) is 13.8 Å². The SMILES string of the molecule is COC(=O)c1cc(CNCC(=O)OC(C)(C)C)c(C)c(OS(=O)(=O)F)c1C. The molecule has 0 bridgehead atoms. The van der Waals surface area contributed by atoms with Crippen LogP contribution in [-0.2, 0) is 31.3 Å². The molecule has 10 heteroatoms. The molecule has 0 saturated carbocycles. The van der Waals surface area contributed by atoms with Crippen molar-refractivity contribution in [2.75, 3.05) is 13.7 Å². The van der Waals surface area contributed by atoms with E-state index in [-0.39, 0.29) is 30.0 Å². The van der Waals surface area contributed by atoms with E-state index in [0.717, 1.165) is 7.11 Å². The van der Waals surface area contributed by atoms with Crippen LogP contribution in [-0.4, -0.2) is 39.6 Å². The molecule has 8 nitrogen and oxygen atoms in total. The summed E-state index contributed by atoms with van der Waals surface area (Å²) in [6.07, 6.45) is 0. The standard InChI is InChI=1S/C17H24FNO7S/c1-10-12(8-19-9-14(20)25-17(3,4)5)7-13(16(21)24-6)11(2)15(10)26-27(18,22)23/h7,19H,8-9H2,1-6H3. The molecule has 152 valence electrons. The fourth-order valence-corrected chi connectivity index (χ4v) is 2.80. The van der Waals surface area contributed by atoms with Gasteiger partial charge in [0, 0.05) is 12.1 Å². The second-order valence-corrected chi connectivity index (χ2v) is 7.77. The highest BCUT2D eigenvalue weighted by Gasteiger charge is 2.23. The molecule has 0 aromatic heterocycles. The Hall–Kier alpha value is -2.20. The third-order valence-electron chi connectivity index (χ3n) is 3.48. The average Bonchev–Trinajstić information content (AvgIpc) is 2.50. The second kappa shape index (κ2) is 8.66. The van der Waals surface area contributed by atoms with Crippen molar-refractivity contribution in [3.63, 3.8) is 0 Å². The van der Waals surface area contributed by atoms with E-state index in [2.05, 4.69) is 14.2 Å². The molecule has 1 rings (SSSR count). The van der Waals surface area contributed by atoms with Crippen LogP contribution in [0.1, 0.15) is 47.8 Å². The second-order valence-electron chi connectivity index (χ2n) is 6.82. The quantitative estimate of drug-likeness (QED) is 0.543. The maximum Gasteiger partial charge on any atom is 0.488 e. The van der Waals surface area contributed by atoms with Gasteiger partial charge in [0.25, 0.3) is 0 Å². The minimum Gasteiger partial charge on any atom is -0.465 e. The summed E-state index contributed by atoms with van der Waals surface area (Å²) in [6, 6.07) is 1.47. The fourth-order valence-electron chi connectivity index (χ4n) is 2.35. The molecular weight excluding hydrogens is 381 g/mol. The number of hydrogen-bond acceptors (Lipinski definition) is 8. The summed E-state index contributed by atoms with van der Waals surface area (Å²) in [7, 11) is -4.13. The van der Waals surface area contributed by atoms with Crippen molar-refractivity contribution in [2.45, 2.75) is 46.8 Å². The summed E-state index contributed by atoms with van der Waals surface area (Å²) in [6.45, 7) is 8.10. The first-order valence-corrected chi connectivity index (χ1v) is 9.34. The molecule has 0 amide bonds. The van der Waals surface area contributed by atoms with Crippen molar-refractivity contribution in [2.24, 2.45) is 0 Å². The van der Waals surface area contributed by atoms with Gasteiger partial charge in [0.2, 0.25) is 0 Å². The fraction of sp³-hybridized carbons (Fsp3) is 0.529. The maximum absolute atomic E-state index is 13.1. The zero-order chi connectivity index (χ0) is 21.0. The molecule has 1 aromatic rings.